The van der Waals surface area contributed by atoms with Gasteiger partial charge < -0.3 is 14.8 Å². The number of carbonyl (C=O) groups is 1. The van der Waals surface area contributed by atoms with Gasteiger partial charge in [0.25, 0.3) is 11.4 Å². The Balaban J connectivity index is 2.57. The fourth-order valence-electron chi connectivity index (χ4n) is 2.93. The molecule has 10 heteroatoms. The first-order chi connectivity index (χ1) is 12.8. The minimum Gasteiger partial charge on any atom is -0.460 e. The number of hydrogen-bond donors (Lipinski definition) is 1. The number of nitrogens with one attached hydrogen (secondary N) is 1. The zero-order valence-corrected chi connectivity index (χ0v) is 15.1. The number of rotatable bonds is 7. The molecule has 0 saturated carbocycles. The summed E-state index contributed by atoms with van der Waals surface area (Å²) in [5.41, 5.74) is 0.439. The number of ether oxygens (including phenoxy) is 2. The van der Waals surface area contributed by atoms with Gasteiger partial charge in [0.1, 0.15) is 12.5 Å². The predicted octanol–water partition coefficient (Wildman–Crippen LogP) is 2.25. The third-order valence-electron chi connectivity index (χ3n) is 4.08. The number of non-ortho nitro benzene ring substituents is 1. The fraction of sp³-hybridized carbons (Fsp3) is 0.353. The Hall–Kier alpha value is -3.27. The van der Waals surface area contributed by atoms with Gasteiger partial charge in [0.15, 0.2) is 0 Å². The average Bonchev–Trinajstić information content (AvgIpc) is 2.60. The standard InChI is InChI=1S/C17H19N3O7/c1-10-14(17(21)27-8-7-26-3)15(16(20(24)25)11(2)18-10)12-5-4-6-13(9-12)19(22)23/h4-6,9,15,18H,7-8H2,1-3H3/t15-/m0/s1. The van der Waals surface area contributed by atoms with Crippen LogP contribution in [0.3, 0.4) is 0 Å². The van der Waals surface area contributed by atoms with Crippen molar-refractivity contribution in [2.75, 3.05) is 20.3 Å². The van der Waals surface area contributed by atoms with E-state index in [1.807, 2.05) is 0 Å². The number of hydrogen-bond acceptors (Lipinski definition) is 8. The van der Waals surface area contributed by atoms with Crippen molar-refractivity contribution in [3.05, 3.63) is 72.7 Å². The molecule has 2 rings (SSSR count). The van der Waals surface area contributed by atoms with Crippen molar-refractivity contribution in [2.45, 2.75) is 19.8 Å². The van der Waals surface area contributed by atoms with Crippen LogP contribution in [0.2, 0.25) is 0 Å². The quantitative estimate of drug-likeness (QED) is 0.331. The summed E-state index contributed by atoms with van der Waals surface area (Å²) < 4.78 is 9.98. The Morgan fingerprint density at radius 2 is 1.85 bits per heavy atom. The zero-order chi connectivity index (χ0) is 20.1. The maximum atomic E-state index is 12.6. The topological polar surface area (TPSA) is 134 Å². The highest BCUT2D eigenvalue weighted by molar-refractivity contribution is 5.92. The van der Waals surface area contributed by atoms with Crippen LogP contribution in [0.5, 0.6) is 0 Å². The van der Waals surface area contributed by atoms with Crippen LogP contribution in [0.1, 0.15) is 25.3 Å². The molecule has 0 bridgehead atoms. The summed E-state index contributed by atoms with van der Waals surface area (Å²) in [6.45, 7) is 3.25. The Morgan fingerprint density at radius 3 is 2.44 bits per heavy atom. The third kappa shape index (κ3) is 4.29. The van der Waals surface area contributed by atoms with Crippen LogP contribution >= 0.6 is 0 Å². The first-order valence-electron chi connectivity index (χ1n) is 8.01. The number of nitro groups is 2. The number of carbonyl (C=O) groups excluding carboxylic acids is 1. The molecule has 144 valence electrons. The van der Waals surface area contributed by atoms with Crippen molar-refractivity contribution in [3.63, 3.8) is 0 Å². The van der Waals surface area contributed by atoms with Gasteiger partial charge in [-0.1, -0.05) is 12.1 Å². The highest BCUT2D eigenvalue weighted by atomic mass is 16.6. The average molecular weight is 377 g/mol. The van der Waals surface area contributed by atoms with E-state index in [2.05, 4.69) is 5.32 Å². The normalized spacial score (nSPS) is 16.8. The first kappa shape index (κ1) is 20.0. The van der Waals surface area contributed by atoms with E-state index in [0.29, 0.717) is 5.70 Å². The molecule has 0 aromatic heterocycles. The lowest BCUT2D eigenvalue weighted by atomic mass is 9.84. The smallest absolute Gasteiger partial charge is 0.337 e. The molecule has 1 aromatic rings. The molecule has 27 heavy (non-hydrogen) atoms. The van der Waals surface area contributed by atoms with E-state index < -0.39 is 21.7 Å². The second-order valence-corrected chi connectivity index (χ2v) is 5.84. The number of dihydropyridines is 1. The van der Waals surface area contributed by atoms with Gasteiger partial charge in [-0.2, -0.15) is 0 Å². The van der Waals surface area contributed by atoms with E-state index in [1.165, 1.54) is 38.3 Å². The van der Waals surface area contributed by atoms with Crippen molar-refractivity contribution in [3.8, 4) is 0 Å². The highest BCUT2D eigenvalue weighted by Gasteiger charge is 2.41. The van der Waals surface area contributed by atoms with Crippen LogP contribution in [0.25, 0.3) is 0 Å². The molecule has 0 spiro atoms. The second-order valence-electron chi connectivity index (χ2n) is 5.84. The molecule has 1 atom stereocenters. The van der Waals surface area contributed by atoms with Gasteiger partial charge in [-0.15, -0.1) is 0 Å². The SMILES string of the molecule is COCCOC(=O)C1=C(C)NC(C)=C([N+](=O)[O-])[C@H]1c1cccc([N+](=O)[O-])c1. The summed E-state index contributed by atoms with van der Waals surface area (Å²) in [6, 6.07) is 5.43. The van der Waals surface area contributed by atoms with Gasteiger partial charge in [-0.3, -0.25) is 20.2 Å². The summed E-state index contributed by atoms with van der Waals surface area (Å²) in [5.74, 6) is -1.85. The van der Waals surface area contributed by atoms with E-state index >= 15 is 0 Å². The van der Waals surface area contributed by atoms with Gasteiger partial charge in [-0.25, -0.2) is 4.79 Å². The predicted molar refractivity (Wildman–Crippen MR) is 94.2 cm³/mol. The Kier molecular flexibility index (Phi) is 6.24. The van der Waals surface area contributed by atoms with Crippen molar-refractivity contribution in [1.82, 2.24) is 5.32 Å². The van der Waals surface area contributed by atoms with Crippen molar-refractivity contribution < 1.29 is 24.1 Å². The summed E-state index contributed by atoms with van der Waals surface area (Å²) >= 11 is 0. The maximum Gasteiger partial charge on any atom is 0.337 e. The van der Waals surface area contributed by atoms with Crippen LogP contribution in [0, 0.1) is 20.2 Å². The zero-order valence-electron chi connectivity index (χ0n) is 15.1. The highest BCUT2D eigenvalue weighted by Crippen LogP contribution is 2.39. The van der Waals surface area contributed by atoms with Crippen LogP contribution < -0.4 is 5.32 Å². The molecule has 0 unspecified atom stereocenters. The van der Waals surface area contributed by atoms with Gasteiger partial charge in [0.05, 0.1) is 27.7 Å². The first-order valence-corrected chi connectivity index (χ1v) is 8.01. The van der Waals surface area contributed by atoms with E-state index in [-0.39, 0.29) is 41.4 Å². The number of nitro benzene ring substituents is 1. The molecule has 1 aliphatic rings. The Labute approximate surface area is 154 Å². The fourth-order valence-corrected chi connectivity index (χ4v) is 2.93. The molecular weight excluding hydrogens is 358 g/mol. The second kappa shape index (κ2) is 8.41. The van der Waals surface area contributed by atoms with Gasteiger partial charge >= 0.3 is 5.97 Å². The lowest BCUT2D eigenvalue weighted by molar-refractivity contribution is -0.431. The maximum absolute atomic E-state index is 12.6. The van der Waals surface area contributed by atoms with Gasteiger partial charge in [0, 0.05) is 24.9 Å². The number of esters is 1. The van der Waals surface area contributed by atoms with Gasteiger partial charge in [0.2, 0.25) is 0 Å². The minimum atomic E-state index is -1.10. The lowest BCUT2D eigenvalue weighted by Crippen LogP contribution is -2.32. The molecular formula is C17H19N3O7. The molecule has 1 heterocycles. The lowest BCUT2D eigenvalue weighted by Gasteiger charge is -2.26. The van der Waals surface area contributed by atoms with Crippen molar-refractivity contribution in [2.24, 2.45) is 0 Å². The van der Waals surface area contributed by atoms with Gasteiger partial charge in [-0.05, 0) is 19.4 Å². The number of nitrogens with zero attached hydrogens (tertiary/aromatic N) is 2. The van der Waals surface area contributed by atoms with Crippen LogP contribution in [-0.2, 0) is 14.3 Å². The molecule has 0 aliphatic carbocycles. The van der Waals surface area contributed by atoms with Crippen LogP contribution in [0.15, 0.2) is 46.9 Å². The summed E-state index contributed by atoms with van der Waals surface area (Å²) in [5, 5.41) is 25.6. The molecule has 0 saturated heterocycles. The van der Waals surface area contributed by atoms with Crippen molar-refractivity contribution >= 4 is 11.7 Å². The van der Waals surface area contributed by atoms with Crippen molar-refractivity contribution in [1.29, 1.82) is 0 Å². The molecule has 0 amide bonds. The third-order valence-corrected chi connectivity index (χ3v) is 4.08. The Bertz CT molecular complexity index is 845. The molecule has 1 N–H and O–H groups in total. The number of benzene rings is 1. The summed E-state index contributed by atoms with van der Waals surface area (Å²) in [7, 11) is 1.45. The molecule has 0 radical (unpaired) electrons. The van der Waals surface area contributed by atoms with E-state index in [0.717, 1.165) is 0 Å². The van der Waals surface area contributed by atoms with E-state index in [9.17, 15) is 25.0 Å². The molecule has 0 fully saturated rings. The number of methoxy groups -OCH3 is 1. The molecule has 1 aliphatic heterocycles. The van der Waals surface area contributed by atoms with Crippen LogP contribution in [-0.4, -0.2) is 36.1 Å². The Morgan fingerprint density at radius 1 is 1.15 bits per heavy atom. The summed E-state index contributed by atoms with van der Waals surface area (Å²) in [4.78, 5) is 34.2. The van der Waals surface area contributed by atoms with Crippen LogP contribution in [0.4, 0.5) is 5.69 Å². The molecule has 10 nitrogen and oxygen atoms in total. The largest absolute Gasteiger partial charge is 0.460 e. The van der Waals surface area contributed by atoms with E-state index in [1.54, 1.807) is 6.92 Å². The monoisotopic (exact) mass is 377 g/mol. The summed E-state index contributed by atoms with van der Waals surface area (Å²) in [6.07, 6.45) is 0. The van der Waals surface area contributed by atoms with E-state index in [4.69, 9.17) is 9.47 Å². The molecule has 1 aromatic carbocycles. The minimum absolute atomic E-state index is 0.0235. The number of allylic oxidation sites excluding steroid dienone is 3.